The third-order valence-corrected chi connectivity index (χ3v) is 4.62. The van der Waals surface area contributed by atoms with Crippen molar-refractivity contribution in [1.82, 2.24) is 15.1 Å². The van der Waals surface area contributed by atoms with Crippen molar-refractivity contribution in [3.05, 3.63) is 34.9 Å². The van der Waals surface area contributed by atoms with Crippen LogP contribution in [-0.2, 0) is 5.75 Å². The van der Waals surface area contributed by atoms with Crippen LogP contribution in [0.2, 0.25) is 5.02 Å². The molecule has 92 valence electrons. The summed E-state index contributed by atoms with van der Waals surface area (Å²) in [5, 5.41) is 4.45. The Morgan fingerprint density at radius 1 is 1.39 bits per heavy atom. The molecule has 0 aliphatic rings. The summed E-state index contributed by atoms with van der Waals surface area (Å²) in [6, 6.07) is 5.72. The molecule has 0 N–H and O–H groups in total. The lowest BCUT2D eigenvalue weighted by molar-refractivity contribution is 0.387. The van der Waals surface area contributed by atoms with Gasteiger partial charge in [0.2, 0.25) is 5.89 Å². The predicted molar refractivity (Wildman–Crippen MR) is 73.2 cm³/mol. The number of aromatic nitrogens is 3. The normalized spacial score (nSPS) is 11.2. The fourth-order valence-electron chi connectivity index (χ4n) is 1.46. The minimum Gasteiger partial charge on any atom is -0.338 e. The van der Waals surface area contributed by atoms with Crippen LogP contribution < -0.4 is 0 Å². The van der Waals surface area contributed by atoms with Crippen LogP contribution in [0.5, 0.6) is 0 Å². The molecule has 18 heavy (non-hydrogen) atoms. The van der Waals surface area contributed by atoms with Gasteiger partial charge >= 0.3 is 0 Å². The van der Waals surface area contributed by atoms with E-state index in [-0.39, 0.29) is 0 Å². The second-order valence-electron chi connectivity index (χ2n) is 3.62. The lowest BCUT2D eigenvalue weighted by Crippen LogP contribution is -1.80. The van der Waals surface area contributed by atoms with Gasteiger partial charge in [0.1, 0.15) is 0 Å². The molecule has 2 aromatic heterocycles. The van der Waals surface area contributed by atoms with E-state index in [1.807, 2.05) is 18.2 Å². The van der Waals surface area contributed by atoms with Crippen LogP contribution in [0.15, 0.2) is 27.1 Å². The van der Waals surface area contributed by atoms with Gasteiger partial charge < -0.3 is 4.52 Å². The molecule has 0 unspecified atom stereocenters. The third-order valence-electron chi connectivity index (χ3n) is 2.22. The van der Waals surface area contributed by atoms with Crippen LogP contribution in [0.1, 0.15) is 11.7 Å². The first-order valence-corrected chi connectivity index (χ1v) is 7.37. The molecular formula is C11H8ClN3OS2. The second kappa shape index (κ2) is 4.87. The molecule has 0 atom stereocenters. The van der Waals surface area contributed by atoms with Crippen molar-refractivity contribution < 1.29 is 4.52 Å². The highest BCUT2D eigenvalue weighted by Gasteiger charge is 2.08. The van der Waals surface area contributed by atoms with Crippen molar-refractivity contribution >= 4 is 44.9 Å². The molecular weight excluding hydrogens is 290 g/mol. The maximum atomic E-state index is 5.93. The Labute approximate surface area is 116 Å². The van der Waals surface area contributed by atoms with Crippen molar-refractivity contribution in [3.63, 3.8) is 0 Å². The zero-order valence-electron chi connectivity index (χ0n) is 9.38. The van der Waals surface area contributed by atoms with Crippen molar-refractivity contribution in [2.75, 3.05) is 0 Å². The van der Waals surface area contributed by atoms with E-state index < -0.39 is 0 Å². The smallest absolute Gasteiger partial charge is 0.237 e. The summed E-state index contributed by atoms with van der Waals surface area (Å²) in [4.78, 5) is 8.65. The average Bonchev–Trinajstić information content (AvgIpc) is 2.92. The highest BCUT2D eigenvalue weighted by Crippen LogP contribution is 2.32. The minimum atomic E-state index is 0.620. The van der Waals surface area contributed by atoms with E-state index in [1.54, 1.807) is 30.0 Å². The van der Waals surface area contributed by atoms with Crippen LogP contribution in [0.25, 0.3) is 10.2 Å². The molecule has 0 saturated carbocycles. The molecule has 7 heteroatoms. The standard InChI is InChI=1S/C11H8ClN3OS2/c1-6-13-10(16-15-6)5-17-11-14-8-4-7(12)2-3-9(8)18-11/h2-4H,5H2,1H3. The van der Waals surface area contributed by atoms with Gasteiger partial charge in [-0.15, -0.1) is 11.3 Å². The predicted octanol–water partition coefficient (Wildman–Crippen LogP) is 3.93. The summed E-state index contributed by atoms with van der Waals surface area (Å²) in [7, 11) is 0. The van der Waals surface area contributed by atoms with E-state index in [0.29, 0.717) is 22.5 Å². The van der Waals surface area contributed by atoms with Gasteiger partial charge in [0.15, 0.2) is 10.2 Å². The largest absolute Gasteiger partial charge is 0.338 e. The molecule has 0 radical (unpaired) electrons. The lowest BCUT2D eigenvalue weighted by atomic mass is 10.3. The monoisotopic (exact) mass is 297 g/mol. The van der Waals surface area contributed by atoms with E-state index >= 15 is 0 Å². The Kier molecular flexibility index (Phi) is 3.23. The van der Waals surface area contributed by atoms with Gasteiger partial charge in [-0.25, -0.2) is 4.98 Å². The third kappa shape index (κ3) is 2.50. The van der Waals surface area contributed by atoms with Crippen LogP contribution in [-0.4, -0.2) is 15.1 Å². The molecule has 0 saturated heterocycles. The molecule has 0 bridgehead atoms. The zero-order chi connectivity index (χ0) is 12.5. The fraction of sp³-hybridized carbons (Fsp3) is 0.182. The maximum absolute atomic E-state index is 5.93. The van der Waals surface area contributed by atoms with Crippen molar-refractivity contribution in [2.45, 2.75) is 17.0 Å². The zero-order valence-corrected chi connectivity index (χ0v) is 11.8. The van der Waals surface area contributed by atoms with Gasteiger partial charge in [-0.05, 0) is 25.1 Å². The number of hydrogen-bond donors (Lipinski definition) is 0. The van der Waals surface area contributed by atoms with E-state index in [9.17, 15) is 0 Å². The number of aryl methyl sites for hydroxylation is 1. The fourth-order valence-corrected chi connectivity index (χ4v) is 3.52. The van der Waals surface area contributed by atoms with Crippen molar-refractivity contribution in [3.8, 4) is 0 Å². The summed E-state index contributed by atoms with van der Waals surface area (Å²) in [6.07, 6.45) is 0. The first kappa shape index (κ1) is 12.0. The first-order chi connectivity index (χ1) is 8.70. The van der Waals surface area contributed by atoms with Gasteiger partial charge in [0.25, 0.3) is 0 Å². The topological polar surface area (TPSA) is 51.8 Å². The molecule has 0 spiro atoms. The first-order valence-electron chi connectivity index (χ1n) is 5.19. The second-order valence-corrected chi connectivity index (χ2v) is 6.31. The number of nitrogens with zero attached hydrogens (tertiary/aromatic N) is 3. The van der Waals surface area contributed by atoms with Crippen LogP contribution in [0.4, 0.5) is 0 Å². The molecule has 2 heterocycles. The van der Waals surface area contributed by atoms with E-state index in [0.717, 1.165) is 14.6 Å². The molecule has 0 aliphatic carbocycles. The Morgan fingerprint density at radius 2 is 2.28 bits per heavy atom. The summed E-state index contributed by atoms with van der Waals surface area (Å²) in [6.45, 7) is 1.80. The maximum Gasteiger partial charge on any atom is 0.237 e. The van der Waals surface area contributed by atoms with Crippen molar-refractivity contribution in [1.29, 1.82) is 0 Å². The molecule has 3 rings (SSSR count). The quantitative estimate of drug-likeness (QED) is 0.686. The van der Waals surface area contributed by atoms with E-state index in [2.05, 4.69) is 15.1 Å². The van der Waals surface area contributed by atoms with Gasteiger partial charge in [0, 0.05) is 5.02 Å². The number of thioether (sulfide) groups is 1. The summed E-state index contributed by atoms with van der Waals surface area (Å²) < 4.78 is 7.16. The Balaban J connectivity index is 1.78. The van der Waals surface area contributed by atoms with Gasteiger partial charge in [-0.3, -0.25) is 0 Å². The van der Waals surface area contributed by atoms with E-state index in [4.69, 9.17) is 16.1 Å². The van der Waals surface area contributed by atoms with Gasteiger partial charge in [-0.1, -0.05) is 28.5 Å². The van der Waals surface area contributed by atoms with E-state index in [1.165, 1.54) is 0 Å². The number of benzene rings is 1. The number of halogens is 1. The van der Waals surface area contributed by atoms with Gasteiger partial charge in [-0.2, -0.15) is 4.98 Å². The van der Waals surface area contributed by atoms with Gasteiger partial charge in [0.05, 0.1) is 16.0 Å². The minimum absolute atomic E-state index is 0.620. The SMILES string of the molecule is Cc1noc(CSc2nc3cc(Cl)ccc3s2)n1. The van der Waals surface area contributed by atoms with Crippen LogP contribution in [0.3, 0.4) is 0 Å². The molecule has 1 aromatic carbocycles. The number of hydrogen-bond acceptors (Lipinski definition) is 6. The Hall–Kier alpha value is -1.11. The highest BCUT2D eigenvalue weighted by molar-refractivity contribution is 8.00. The summed E-state index contributed by atoms with van der Waals surface area (Å²) >= 11 is 9.15. The molecule has 3 aromatic rings. The van der Waals surface area contributed by atoms with Crippen LogP contribution in [0, 0.1) is 6.92 Å². The molecule has 0 aliphatic heterocycles. The van der Waals surface area contributed by atoms with Crippen LogP contribution >= 0.6 is 34.7 Å². The highest BCUT2D eigenvalue weighted by atomic mass is 35.5. The molecule has 4 nitrogen and oxygen atoms in total. The number of fused-ring (bicyclic) bond motifs is 1. The molecule has 0 fully saturated rings. The molecule has 0 amide bonds. The number of rotatable bonds is 3. The number of thiazole rings is 1. The summed E-state index contributed by atoms with van der Waals surface area (Å²) in [5.74, 6) is 1.91. The van der Waals surface area contributed by atoms with Crippen molar-refractivity contribution in [2.24, 2.45) is 0 Å². The Morgan fingerprint density at radius 3 is 3.06 bits per heavy atom. The Bertz CT molecular complexity index is 694. The summed E-state index contributed by atoms with van der Waals surface area (Å²) in [5.41, 5.74) is 0.928. The average molecular weight is 298 g/mol. The lowest BCUT2D eigenvalue weighted by Gasteiger charge is -1.89.